The van der Waals surface area contributed by atoms with Gasteiger partial charge in [0, 0.05) is 18.7 Å². The largest absolute Gasteiger partial charge is 0.496 e. The number of ether oxygens (including phenoxy) is 1. The lowest BCUT2D eigenvalue weighted by Gasteiger charge is -2.30. The fraction of sp³-hybridized carbons (Fsp3) is 0.696. The average Bonchev–Trinajstić information content (AvgIpc) is 3.28. The number of benzene rings is 1. The Morgan fingerprint density at radius 1 is 1.14 bits per heavy atom. The van der Waals surface area contributed by atoms with Crippen LogP contribution in [-0.4, -0.2) is 75.7 Å². The molecule has 1 unspecified atom stereocenters. The summed E-state index contributed by atoms with van der Waals surface area (Å²) in [6.07, 6.45) is 5.06. The second-order valence-electron chi connectivity index (χ2n) is 8.35. The van der Waals surface area contributed by atoms with E-state index in [0.29, 0.717) is 0 Å². The number of hydrogen-bond donors (Lipinski definition) is 2. The molecule has 2 N–H and O–H groups in total. The van der Waals surface area contributed by atoms with Gasteiger partial charge in [-0.1, -0.05) is 18.2 Å². The summed E-state index contributed by atoms with van der Waals surface area (Å²) in [6.45, 7) is 9.42. The lowest BCUT2D eigenvalue weighted by atomic mass is 9.97. The molecule has 0 aliphatic carbocycles. The van der Waals surface area contributed by atoms with Crippen LogP contribution in [0.1, 0.15) is 44.2 Å². The van der Waals surface area contributed by atoms with Crippen molar-refractivity contribution in [1.29, 1.82) is 0 Å². The first kappa shape index (κ1) is 21.9. The number of nitrogens with zero attached hydrogens (tertiary/aromatic N) is 3. The van der Waals surface area contributed by atoms with Gasteiger partial charge in [-0.2, -0.15) is 0 Å². The van der Waals surface area contributed by atoms with Crippen LogP contribution in [0.2, 0.25) is 0 Å². The van der Waals surface area contributed by atoms with Crippen molar-refractivity contribution in [3.05, 3.63) is 29.8 Å². The number of piperidine rings is 1. The molecule has 1 aromatic rings. The first-order valence-corrected chi connectivity index (χ1v) is 11.3. The van der Waals surface area contributed by atoms with Gasteiger partial charge >= 0.3 is 0 Å². The van der Waals surface area contributed by atoms with E-state index in [9.17, 15) is 0 Å². The second kappa shape index (κ2) is 11.4. The Morgan fingerprint density at radius 2 is 1.86 bits per heavy atom. The minimum atomic E-state index is 0.257. The minimum absolute atomic E-state index is 0.257. The Labute approximate surface area is 176 Å². The van der Waals surface area contributed by atoms with E-state index in [1.165, 1.54) is 44.3 Å². The maximum Gasteiger partial charge on any atom is 0.191 e. The molecule has 2 aliphatic heterocycles. The van der Waals surface area contributed by atoms with E-state index < -0.39 is 0 Å². The molecule has 0 amide bonds. The van der Waals surface area contributed by atoms with Gasteiger partial charge < -0.3 is 20.3 Å². The fourth-order valence-corrected chi connectivity index (χ4v) is 4.43. The fourth-order valence-electron chi connectivity index (χ4n) is 4.43. The van der Waals surface area contributed by atoms with Gasteiger partial charge in [-0.15, -0.1) is 0 Å². The predicted molar refractivity (Wildman–Crippen MR) is 121 cm³/mol. The number of aliphatic imine (C=N–C) groups is 1. The Morgan fingerprint density at radius 3 is 2.55 bits per heavy atom. The third-order valence-corrected chi connectivity index (χ3v) is 6.24. The average molecular weight is 402 g/mol. The summed E-state index contributed by atoms with van der Waals surface area (Å²) in [5.74, 6) is 2.63. The number of para-hydroxylation sites is 1. The van der Waals surface area contributed by atoms with Crippen LogP contribution in [-0.2, 0) is 0 Å². The van der Waals surface area contributed by atoms with Crippen molar-refractivity contribution in [3.63, 3.8) is 0 Å². The van der Waals surface area contributed by atoms with Gasteiger partial charge in [0.1, 0.15) is 5.75 Å². The van der Waals surface area contributed by atoms with Crippen LogP contribution in [0.5, 0.6) is 5.75 Å². The predicted octanol–water partition coefficient (Wildman–Crippen LogP) is 2.73. The molecule has 0 radical (unpaired) electrons. The molecule has 2 fully saturated rings. The van der Waals surface area contributed by atoms with Crippen molar-refractivity contribution < 1.29 is 4.74 Å². The Bertz CT molecular complexity index is 636. The molecular weight excluding hydrogens is 362 g/mol. The first-order chi connectivity index (χ1) is 14.2. The number of likely N-dealkylation sites (tertiary alicyclic amines) is 2. The quantitative estimate of drug-likeness (QED) is 0.518. The molecule has 162 valence electrons. The Hall–Kier alpha value is -1.79. The molecule has 2 saturated heterocycles. The van der Waals surface area contributed by atoms with Crippen molar-refractivity contribution in [2.75, 3.05) is 60.0 Å². The molecule has 0 bridgehead atoms. The van der Waals surface area contributed by atoms with Crippen LogP contribution in [0, 0.1) is 5.92 Å². The lowest BCUT2D eigenvalue weighted by Crippen LogP contribution is -2.42. The van der Waals surface area contributed by atoms with E-state index >= 15 is 0 Å². The molecule has 0 saturated carbocycles. The number of guanidine groups is 1. The van der Waals surface area contributed by atoms with Gasteiger partial charge in [0.2, 0.25) is 0 Å². The van der Waals surface area contributed by atoms with Crippen LogP contribution in [0.25, 0.3) is 0 Å². The Balaban J connectivity index is 1.67. The smallest absolute Gasteiger partial charge is 0.191 e. The molecule has 1 atom stereocenters. The molecule has 0 aromatic heterocycles. The summed E-state index contributed by atoms with van der Waals surface area (Å²) in [5.41, 5.74) is 1.24. The third kappa shape index (κ3) is 6.34. The highest BCUT2D eigenvalue weighted by Gasteiger charge is 2.26. The summed E-state index contributed by atoms with van der Waals surface area (Å²) < 4.78 is 5.67. The maximum atomic E-state index is 5.67. The zero-order chi connectivity index (χ0) is 20.5. The van der Waals surface area contributed by atoms with Crippen molar-refractivity contribution in [1.82, 2.24) is 20.4 Å². The standard InChI is InChI=1S/C23H39N5O/c1-4-24-23(25-17-19-11-15-27(2)16-12-19)26-18-21(28-13-7-8-14-28)20-9-5-6-10-22(20)29-3/h5-6,9-10,19,21H,4,7-8,11-18H2,1-3H3,(H2,24,25,26). The van der Waals surface area contributed by atoms with E-state index in [1.807, 2.05) is 6.07 Å². The highest BCUT2D eigenvalue weighted by Crippen LogP contribution is 2.31. The number of rotatable bonds is 8. The van der Waals surface area contributed by atoms with Crippen LogP contribution >= 0.6 is 0 Å². The van der Waals surface area contributed by atoms with Crippen molar-refractivity contribution in [2.45, 2.75) is 38.6 Å². The van der Waals surface area contributed by atoms with E-state index in [0.717, 1.165) is 50.4 Å². The summed E-state index contributed by atoms with van der Waals surface area (Å²) in [6, 6.07) is 8.66. The van der Waals surface area contributed by atoms with Gasteiger partial charge in [-0.05, 0) is 77.8 Å². The van der Waals surface area contributed by atoms with Crippen molar-refractivity contribution in [3.8, 4) is 5.75 Å². The van der Waals surface area contributed by atoms with Gasteiger partial charge in [0.25, 0.3) is 0 Å². The summed E-state index contributed by atoms with van der Waals surface area (Å²) in [5, 5.41) is 7.04. The molecule has 3 rings (SSSR count). The lowest BCUT2D eigenvalue weighted by molar-refractivity contribution is 0.220. The van der Waals surface area contributed by atoms with Gasteiger partial charge in [-0.25, -0.2) is 0 Å². The monoisotopic (exact) mass is 401 g/mol. The van der Waals surface area contributed by atoms with Gasteiger partial charge in [-0.3, -0.25) is 9.89 Å². The topological polar surface area (TPSA) is 52.1 Å². The zero-order valence-corrected chi connectivity index (χ0v) is 18.5. The van der Waals surface area contributed by atoms with Crippen LogP contribution in [0.4, 0.5) is 0 Å². The highest BCUT2D eigenvalue weighted by atomic mass is 16.5. The number of hydrogen-bond acceptors (Lipinski definition) is 4. The summed E-state index contributed by atoms with van der Waals surface area (Å²) >= 11 is 0. The Kier molecular flexibility index (Phi) is 8.62. The molecule has 6 nitrogen and oxygen atoms in total. The maximum absolute atomic E-state index is 5.67. The van der Waals surface area contributed by atoms with Gasteiger partial charge in [0.05, 0.1) is 19.7 Å². The minimum Gasteiger partial charge on any atom is -0.496 e. The summed E-state index contributed by atoms with van der Waals surface area (Å²) in [7, 11) is 3.97. The molecule has 2 heterocycles. The van der Waals surface area contributed by atoms with Crippen molar-refractivity contribution >= 4 is 5.96 Å². The summed E-state index contributed by atoms with van der Waals surface area (Å²) in [4.78, 5) is 9.97. The van der Waals surface area contributed by atoms with Crippen molar-refractivity contribution in [2.24, 2.45) is 10.9 Å². The van der Waals surface area contributed by atoms with Crippen LogP contribution < -0.4 is 15.4 Å². The highest BCUT2D eigenvalue weighted by molar-refractivity contribution is 5.79. The molecule has 29 heavy (non-hydrogen) atoms. The molecule has 1 aromatic carbocycles. The van der Waals surface area contributed by atoms with E-state index in [2.05, 4.69) is 52.6 Å². The SMILES string of the molecule is CCNC(=NCC(c1ccccc1OC)N1CCCC1)NCC1CCN(C)CC1. The first-order valence-electron chi connectivity index (χ1n) is 11.3. The number of methoxy groups -OCH3 is 1. The zero-order valence-electron chi connectivity index (χ0n) is 18.5. The van der Waals surface area contributed by atoms with Crippen LogP contribution in [0.3, 0.4) is 0 Å². The van der Waals surface area contributed by atoms with E-state index in [4.69, 9.17) is 9.73 Å². The van der Waals surface area contributed by atoms with E-state index in [1.54, 1.807) is 7.11 Å². The molecule has 6 heteroatoms. The number of nitrogens with one attached hydrogen (secondary N) is 2. The second-order valence-corrected chi connectivity index (χ2v) is 8.35. The van der Waals surface area contributed by atoms with E-state index in [-0.39, 0.29) is 6.04 Å². The molecule has 2 aliphatic rings. The van der Waals surface area contributed by atoms with Gasteiger partial charge in [0.15, 0.2) is 5.96 Å². The molecular formula is C23H39N5O. The molecule has 0 spiro atoms. The third-order valence-electron chi connectivity index (χ3n) is 6.24. The van der Waals surface area contributed by atoms with Crippen LogP contribution in [0.15, 0.2) is 29.3 Å². The normalized spacial score (nSPS) is 20.6.